The number of hydrogen-bond acceptors (Lipinski definition) is 4. The van der Waals surface area contributed by atoms with E-state index in [1.54, 1.807) is 6.07 Å². The molecule has 0 radical (unpaired) electrons. The van der Waals surface area contributed by atoms with Crippen molar-refractivity contribution in [3.8, 4) is 0 Å². The van der Waals surface area contributed by atoms with Crippen LogP contribution in [-0.2, 0) is 6.54 Å². The summed E-state index contributed by atoms with van der Waals surface area (Å²) < 4.78 is 1.04. The van der Waals surface area contributed by atoms with Crippen LogP contribution in [0.25, 0.3) is 0 Å². The van der Waals surface area contributed by atoms with Crippen molar-refractivity contribution in [3.63, 3.8) is 0 Å². The molecule has 1 aromatic carbocycles. The van der Waals surface area contributed by atoms with E-state index in [9.17, 15) is 0 Å². The minimum atomic E-state index is -0.00689. The van der Waals surface area contributed by atoms with Crippen molar-refractivity contribution in [1.82, 2.24) is 10.2 Å². The Morgan fingerprint density at radius 3 is 2.63 bits per heavy atom. The molecule has 0 atom stereocenters. The van der Waals surface area contributed by atoms with Gasteiger partial charge in [0.15, 0.2) is 5.82 Å². The largest absolute Gasteiger partial charge is 0.384 e. The fraction of sp³-hybridized carbons (Fsp3) is 0.154. The zero-order chi connectivity index (χ0) is 13.8. The van der Waals surface area contributed by atoms with Crippen molar-refractivity contribution in [2.45, 2.75) is 6.54 Å². The molecule has 0 aliphatic carbocycles. The normalized spacial score (nSPS) is 10.2. The van der Waals surface area contributed by atoms with Gasteiger partial charge in [0.1, 0.15) is 5.84 Å². The van der Waals surface area contributed by atoms with Crippen LogP contribution in [-0.4, -0.2) is 23.1 Å². The highest BCUT2D eigenvalue weighted by Crippen LogP contribution is 2.18. The summed E-state index contributed by atoms with van der Waals surface area (Å²) in [7, 11) is 1.90. The Kier molecular flexibility index (Phi) is 4.11. The summed E-state index contributed by atoms with van der Waals surface area (Å²) in [5, 5.41) is 15.5. The lowest BCUT2D eigenvalue weighted by atomic mass is 10.2. The van der Waals surface area contributed by atoms with Gasteiger partial charge in [-0.25, -0.2) is 0 Å². The van der Waals surface area contributed by atoms with Gasteiger partial charge in [-0.05, 0) is 23.8 Å². The van der Waals surface area contributed by atoms with E-state index in [-0.39, 0.29) is 5.84 Å². The van der Waals surface area contributed by atoms with Gasteiger partial charge in [0, 0.05) is 18.1 Å². The Bertz CT molecular complexity index is 582. The first-order chi connectivity index (χ1) is 9.08. The van der Waals surface area contributed by atoms with E-state index in [1.165, 1.54) is 6.20 Å². The third kappa shape index (κ3) is 3.29. The third-order valence-electron chi connectivity index (χ3n) is 2.69. The number of amidine groups is 1. The number of nitrogen functional groups attached to an aromatic ring is 1. The van der Waals surface area contributed by atoms with Gasteiger partial charge in [-0.15, -0.1) is 5.10 Å². The van der Waals surface area contributed by atoms with Crippen LogP contribution in [0.5, 0.6) is 0 Å². The lowest BCUT2D eigenvalue weighted by Gasteiger charge is -2.20. The lowest BCUT2D eigenvalue weighted by Crippen LogP contribution is -2.23. The predicted octanol–water partition coefficient (Wildman–Crippen LogP) is 2.16. The maximum absolute atomic E-state index is 7.55. The molecule has 0 saturated carbocycles. The minimum Gasteiger partial charge on any atom is -0.384 e. The predicted molar refractivity (Wildman–Crippen MR) is 79.3 cm³/mol. The van der Waals surface area contributed by atoms with Gasteiger partial charge < -0.3 is 10.6 Å². The average molecular weight is 320 g/mol. The number of nitrogens with zero attached hydrogens (tertiary/aromatic N) is 3. The molecule has 0 aliphatic rings. The number of rotatable bonds is 4. The molecule has 2 rings (SSSR count). The van der Waals surface area contributed by atoms with Gasteiger partial charge >= 0.3 is 0 Å². The standard InChI is InChI=1S/C13H14BrN5/c1-19(8-9-2-4-10(14)5-3-9)13-11(12(15)16)6-7-17-18-13/h2-7H,8H2,1H3,(H3,15,16). The summed E-state index contributed by atoms with van der Waals surface area (Å²) in [5.74, 6) is 0.602. The number of benzene rings is 1. The summed E-state index contributed by atoms with van der Waals surface area (Å²) in [6.45, 7) is 0.673. The Morgan fingerprint density at radius 1 is 1.32 bits per heavy atom. The molecule has 1 aromatic heterocycles. The smallest absolute Gasteiger partial charge is 0.162 e. The lowest BCUT2D eigenvalue weighted by molar-refractivity contribution is 0.863. The molecule has 2 aromatic rings. The molecule has 0 spiro atoms. The fourth-order valence-electron chi connectivity index (χ4n) is 1.76. The second-order valence-corrected chi connectivity index (χ2v) is 5.08. The quantitative estimate of drug-likeness (QED) is 0.668. The summed E-state index contributed by atoms with van der Waals surface area (Å²) in [5.41, 5.74) is 7.28. The molecule has 0 bridgehead atoms. The number of halogens is 1. The molecular weight excluding hydrogens is 306 g/mol. The highest BCUT2D eigenvalue weighted by atomic mass is 79.9. The fourth-order valence-corrected chi connectivity index (χ4v) is 2.02. The van der Waals surface area contributed by atoms with Crippen molar-refractivity contribution in [2.24, 2.45) is 5.73 Å². The van der Waals surface area contributed by atoms with Crippen molar-refractivity contribution < 1.29 is 0 Å². The van der Waals surface area contributed by atoms with Crippen LogP contribution in [0, 0.1) is 5.41 Å². The Morgan fingerprint density at radius 2 is 2.00 bits per heavy atom. The highest BCUT2D eigenvalue weighted by Gasteiger charge is 2.11. The van der Waals surface area contributed by atoms with Gasteiger partial charge in [-0.3, -0.25) is 5.41 Å². The first kappa shape index (κ1) is 13.5. The summed E-state index contributed by atoms with van der Waals surface area (Å²) in [4.78, 5) is 1.92. The number of aromatic nitrogens is 2. The van der Waals surface area contributed by atoms with Crippen LogP contribution >= 0.6 is 15.9 Å². The molecule has 0 fully saturated rings. The average Bonchev–Trinajstić information content (AvgIpc) is 2.41. The van der Waals surface area contributed by atoms with Crippen molar-refractivity contribution in [1.29, 1.82) is 5.41 Å². The zero-order valence-electron chi connectivity index (χ0n) is 10.5. The van der Waals surface area contributed by atoms with Gasteiger partial charge in [0.25, 0.3) is 0 Å². The van der Waals surface area contributed by atoms with E-state index < -0.39 is 0 Å². The molecule has 1 heterocycles. The number of nitrogens with two attached hydrogens (primary N) is 1. The van der Waals surface area contributed by atoms with Crippen molar-refractivity contribution >= 4 is 27.6 Å². The molecule has 0 amide bonds. The topological polar surface area (TPSA) is 78.9 Å². The second kappa shape index (κ2) is 5.79. The van der Waals surface area contributed by atoms with E-state index >= 15 is 0 Å². The molecule has 0 aliphatic heterocycles. The van der Waals surface area contributed by atoms with Gasteiger partial charge in [-0.2, -0.15) is 5.10 Å². The van der Waals surface area contributed by atoms with E-state index in [1.807, 2.05) is 36.2 Å². The molecule has 0 saturated heterocycles. The Balaban J connectivity index is 2.22. The molecule has 5 nitrogen and oxygen atoms in total. The van der Waals surface area contributed by atoms with Crippen LogP contribution in [0.2, 0.25) is 0 Å². The molecule has 3 N–H and O–H groups in total. The summed E-state index contributed by atoms with van der Waals surface area (Å²) in [6, 6.07) is 9.75. The van der Waals surface area contributed by atoms with E-state index in [2.05, 4.69) is 26.1 Å². The van der Waals surface area contributed by atoms with Crippen molar-refractivity contribution in [2.75, 3.05) is 11.9 Å². The van der Waals surface area contributed by atoms with Gasteiger partial charge in [0.05, 0.1) is 11.8 Å². The third-order valence-corrected chi connectivity index (χ3v) is 3.21. The Labute approximate surface area is 120 Å². The zero-order valence-corrected chi connectivity index (χ0v) is 12.1. The van der Waals surface area contributed by atoms with E-state index in [0.717, 1.165) is 10.0 Å². The molecule has 98 valence electrons. The van der Waals surface area contributed by atoms with Crippen LogP contribution < -0.4 is 10.6 Å². The second-order valence-electron chi connectivity index (χ2n) is 4.16. The molecule has 19 heavy (non-hydrogen) atoms. The molecular formula is C13H14BrN5. The number of hydrogen-bond donors (Lipinski definition) is 2. The summed E-state index contributed by atoms with van der Waals surface area (Å²) in [6.07, 6.45) is 1.54. The van der Waals surface area contributed by atoms with Crippen LogP contribution in [0.4, 0.5) is 5.82 Å². The van der Waals surface area contributed by atoms with Gasteiger partial charge in [0.2, 0.25) is 0 Å². The van der Waals surface area contributed by atoms with Crippen LogP contribution in [0.1, 0.15) is 11.1 Å². The maximum Gasteiger partial charge on any atom is 0.162 e. The van der Waals surface area contributed by atoms with Crippen LogP contribution in [0.15, 0.2) is 41.0 Å². The monoisotopic (exact) mass is 319 g/mol. The molecule has 0 unspecified atom stereocenters. The first-order valence-electron chi connectivity index (χ1n) is 5.69. The number of anilines is 1. The van der Waals surface area contributed by atoms with Gasteiger partial charge in [-0.1, -0.05) is 28.1 Å². The number of nitrogens with one attached hydrogen (secondary N) is 1. The van der Waals surface area contributed by atoms with Crippen LogP contribution in [0.3, 0.4) is 0 Å². The summed E-state index contributed by atoms with van der Waals surface area (Å²) >= 11 is 3.41. The first-order valence-corrected chi connectivity index (χ1v) is 6.49. The highest BCUT2D eigenvalue weighted by molar-refractivity contribution is 9.10. The Hall–Kier alpha value is -1.95. The van der Waals surface area contributed by atoms with Crippen molar-refractivity contribution in [3.05, 3.63) is 52.1 Å². The molecule has 6 heteroatoms. The maximum atomic E-state index is 7.55. The van der Waals surface area contributed by atoms with E-state index in [0.29, 0.717) is 17.9 Å². The SMILES string of the molecule is CN(Cc1ccc(Br)cc1)c1nnccc1C(=N)N. The van der Waals surface area contributed by atoms with E-state index in [4.69, 9.17) is 11.1 Å². The minimum absolute atomic E-state index is 0.00689.